The average Bonchev–Trinajstić information content (AvgIpc) is 1.85. The molecule has 1 aliphatic heterocycles. The Bertz CT molecular complexity index is 103. The number of ether oxygens (including phenoxy) is 1. The molecule has 4 nitrogen and oxygen atoms in total. The summed E-state index contributed by atoms with van der Waals surface area (Å²) in [6.45, 7) is 1.79. The molecule has 1 amide bonds. The van der Waals surface area contributed by atoms with Crippen LogP contribution in [-0.2, 0) is 4.74 Å². The molecule has 0 bridgehead atoms. The minimum absolute atomic E-state index is 0.0532. The summed E-state index contributed by atoms with van der Waals surface area (Å²) in [5, 5.41) is 2.48. The molecule has 0 aromatic rings. The molecule has 1 saturated heterocycles. The number of amides is 1. The van der Waals surface area contributed by atoms with Crippen LogP contribution in [-0.4, -0.2) is 18.4 Å². The van der Waals surface area contributed by atoms with Gasteiger partial charge in [-0.15, -0.1) is 0 Å². The largest absolute Gasteiger partial charge is 0.428 e. The third-order valence-electron chi connectivity index (χ3n) is 1.08. The molecular weight excluding hydrogens is 108 g/mol. The van der Waals surface area contributed by atoms with Gasteiger partial charge in [0.2, 0.25) is 0 Å². The Morgan fingerprint density at radius 2 is 2.50 bits per heavy atom. The lowest BCUT2D eigenvalue weighted by Crippen LogP contribution is -2.33. The number of carbonyl (C=O) groups is 1. The van der Waals surface area contributed by atoms with E-state index in [-0.39, 0.29) is 6.04 Å². The molecule has 0 radical (unpaired) electrons. The van der Waals surface area contributed by atoms with Gasteiger partial charge in [0.15, 0.2) is 6.23 Å². The fourth-order valence-corrected chi connectivity index (χ4v) is 0.528. The van der Waals surface area contributed by atoms with Crippen molar-refractivity contribution in [2.24, 2.45) is 5.73 Å². The number of carbonyl (C=O) groups excluding carboxylic acids is 1. The number of rotatable bonds is 0. The minimum atomic E-state index is -0.470. The second-order valence-corrected chi connectivity index (χ2v) is 1.80. The number of nitrogens with one attached hydrogen (secondary N) is 1. The molecule has 0 aliphatic carbocycles. The molecule has 8 heavy (non-hydrogen) atoms. The third kappa shape index (κ3) is 0.742. The highest BCUT2D eigenvalue weighted by Gasteiger charge is 2.26. The van der Waals surface area contributed by atoms with E-state index in [1.165, 1.54) is 0 Å². The van der Waals surface area contributed by atoms with Crippen molar-refractivity contribution in [1.29, 1.82) is 0 Å². The zero-order valence-electron chi connectivity index (χ0n) is 4.55. The van der Waals surface area contributed by atoms with Crippen LogP contribution in [0.25, 0.3) is 0 Å². The van der Waals surface area contributed by atoms with Gasteiger partial charge in [0.25, 0.3) is 0 Å². The highest BCUT2D eigenvalue weighted by atomic mass is 16.6. The zero-order valence-corrected chi connectivity index (χ0v) is 4.55. The lowest BCUT2D eigenvalue weighted by Gasteiger charge is -2.02. The van der Waals surface area contributed by atoms with Crippen molar-refractivity contribution in [3.05, 3.63) is 0 Å². The zero-order chi connectivity index (χ0) is 6.15. The van der Waals surface area contributed by atoms with Crippen LogP contribution in [0.4, 0.5) is 4.79 Å². The molecule has 0 aromatic heterocycles. The summed E-state index contributed by atoms with van der Waals surface area (Å²) in [7, 11) is 0. The van der Waals surface area contributed by atoms with Gasteiger partial charge < -0.3 is 10.1 Å². The molecule has 46 valence electrons. The van der Waals surface area contributed by atoms with Gasteiger partial charge in [0, 0.05) is 0 Å². The second-order valence-electron chi connectivity index (χ2n) is 1.80. The van der Waals surface area contributed by atoms with Gasteiger partial charge in [-0.3, -0.25) is 5.73 Å². The summed E-state index contributed by atoms with van der Waals surface area (Å²) in [5.41, 5.74) is 5.26. The minimum Gasteiger partial charge on any atom is -0.428 e. The van der Waals surface area contributed by atoms with Crippen LogP contribution in [0.5, 0.6) is 0 Å². The van der Waals surface area contributed by atoms with Crippen molar-refractivity contribution in [1.82, 2.24) is 5.32 Å². The first kappa shape index (κ1) is 5.37. The average molecular weight is 116 g/mol. The predicted molar refractivity (Wildman–Crippen MR) is 27.1 cm³/mol. The van der Waals surface area contributed by atoms with E-state index < -0.39 is 12.3 Å². The van der Waals surface area contributed by atoms with E-state index >= 15 is 0 Å². The molecule has 1 fully saturated rings. The quantitative estimate of drug-likeness (QED) is 0.444. The Morgan fingerprint density at radius 3 is 2.62 bits per heavy atom. The monoisotopic (exact) mass is 116 g/mol. The number of nitrogens with two attached hydrogens (primary N) is 1. The SMILES string of the molecule is CC1NC(=O)O[C@@H]1N. The summed E-state index contributed by atoms with van der Waals surface area (Å²) < 4.78 is 4.50. The van der Waals surface area contributed by atoms with Gasteiger partial charge >= 0.3 is 6.09 Å². The maximum absolute atomic E-state index is 10.3. The van der Waals surface area contributed by atoms with Crippen molar-refractivity contribution in [3.63, 3.8) is 0 Å². The van der Waals surface area contributed by atoms with Crippen LogP contribution in [0.3, 0.4) is 0 Å². The van der Waals surface area contributed by atoms with E-state index in [0.717, 1.165) is 0 Å². The normalized spacial score (nSPS) is 36.5. The molecule has 1 unspecified atom stereocenters. The predicted octanol–water partition coefficient (Wildman–Crippen LogP) is -0.601. The number of alkyl carbamates (subject to hydrolysis) is 1. The molecular formula is C4H8N2O2. The standard InChI is InChI=1S/C4H8N2O2/c1-2-3(5)8-4(7)6-2/h2-3H,5H2,1H3,(H,6,7)/t2?,3-/m0/s1. The molecule has 0 aromatic carbocycles. The van der Waals surface area contributed by atoms with E-state index in [1.54, 1.807) is 6.92 Å². The fourth-order valence-electron chi connectivity index (χ4n) is 0.528. The van der Waals surface area contributed by atoms with E-state index in [4.69, 9.17) is 5.73 Å². The van der Waals surface area contributed by atoms with Crippen molar-refractivity contribution < 1.29 is 9.53 Å². The highest BCUT2D eigenvalue weighted by Crippen LogP contribution is 2.00. The van der Waals surface area contributed by atoms with Gasteiger partial charge in [0.1, 0.15) is 0 Å². The van der Waals surface area contributed by atoms with Gasteiger partial charge in [-0.25, -0.2) is 4.79 Å². The molecule has 1 rings (SSSR count). The van der Waals surface area contributed by atoms with E-state index in [9.17, 15) is 4.79 Å². The lowest BCUT2D eigenvalue weighted by molar-refractivity contribution is 0.137. The van der Waals surface area contributed by atoms with Crippen molar-refractivity contribution in [2.45, 2.75) is 19.2 Å². The van der Waals surface area contributed by atoms with Gasteiger partial charge in [-0.1, -0.05) is 0 Å². The van der Waals surface area contributed by atoms with Crippen LogP contribution < -0.4 is 11.1 Å². The summed E-state index contributed by atoms with van der Waals surface area (Å²) in [4.78, 5) is 10.3. The topological polar surface area (TPSA) is 64.3 Å². The lowest BCUT2D eigenvalue weighted by atomic mass is 10.3. The van der Waals surface area contributed by atoms with Crippen LogP contribution in [0.2, 0.25) is 0 Å². The molecule has 3 N–H and O–H groups in total. The maximum Gasteiger partial charge on any atom is 0.409 e. The van der Waals surface area contributed by atoms with Crippen LogP contribution in [0, 0.1) is 0 Å². The third-order valence-corrected chi connectivity index (χ3v) is 1.08. The van der Waals surface area contributed by atoms with Crippen LogP contribution >= 0.6 is 0 Å². The Hall–Kier alpha value is -0.770. The van der Waals surface area contributed by atoms with E-state index in [0.29, 0.717) is 0 Å². The first-order valence-electron chi connectivity index (χ1n) is 2.43. The number of hydrogen-bond acceptors (Lipinski definition) is 3. The molecule has 0 spiro atoms. The number of cyclic esters (lactones) is 1. The van der Waals surface area contributed by atoms with E-state index in [1.807, 2.05) is 0 Å². The fraction of sp³-hybridized carbons (Fsp3) is 0.750. The highest BCUT2D eigenvalue weighted by molar-refractivity contribution is 5.69. The molecule has 1 aliphatic rings. The summed E-state index contributed by atoms with van der Waals surface area (Å²) in [6.07, 6.45) is -0.896. The summed E-state index contributed by atoms with van der Waals surface area (Å²) in [5.74, 6) is 0. The molecule has 4 heteroatoms. The van der Waals surface area contributed by atoms with Crippen molar-refractivity contribution in [2.75, 3.05) is 0 Å². The first-order chi connectivity index (χ1) is 3.70. The maximum atomic E-state index is 10.3. The van der Waals surface area contributed by atoms with Crippen molar-refractivity contribution >= 4 is 6.09 Å². The molecule has 2 atom stereocenters. The molecule has 0 saturated carbocycles. The van der Waals surface area contributed by atoms with Gasteiger partial charge in [0.05, 0.1) is 6.04 Å². The Labute approximate surface area is 47.0 Å². The van der Waals surface area contributed by atoms with E-state index in [2.05, 4.69) is 10.1 Å². The first-order valence-corrected chi connectivity index (χ1v) is 2.43. The summed E-state index contributed by atoms with van der Waals surface area (Å²) in [6, 6.07) is -0.0532. The molecule has 1 heterocycles. The Balaban J connectivity index is 2.51. The van der Waals surface area contributed by atoms with Gasteiger partial charge in [-0.05, 0) is 6.92 Å². The Kier molecular flexibility index (Phi) is 1.09. The Morgan fingerprint density at radius 1 is 1.88 bits per heavy atom. The van der Waals surface area contributed by atoms with Crippen molar-refractivity contribution in [3.8, 4) is 0 Å². The van der Waals surface area contributed by atoms with Crippen LogP contribution in [0.1, 0.15) is 6.92 Å². The smallest absolute Gasteiger partial charge is 0.409 e. The number of hydrogen-bond donors (Lipinski definition) is 2. The summed E-state index contributed by atoms with van der Waals surface area (Å²) >= 11 is 0. The second kappa shape index (κ2) is 1.63. The van der Waals surface area contributed by atoms with Gasteiger partial charge in [-0.2, -0.15) is 0 Å². The van der Waals surface area contributed by atoms with Crippen LogP contribution in [0.15, 0.2) is 0 Å².